The van der Waals surface area contributed by atoms with E-state index in [2.05, 4.69) is 15.5 Å². The molecule has 0 saturated heterocycles. The van der Waals surface area contributed by atoms with E-state index in [9.17, 15) is 4.79 Å². The van der Waals surface area contributed by atoms with E-state index in [1.807, 2.05) is 30.5 Å². The molecule has 0 spiro atoms. The molecule has 28 heavy (non-hydrogen) atoms. The van der Waals surface area contributed by atoms with Gasteiger partial charge in [-0.05, 0) is 38.1 Å². The quantitative estimate of drug-likeness (QED) is 0.632. The van der Waals surface area contributed by atoms with Crippen molar-refractivity contribution in [3.05, 3.63) is 36.6 Å². The van der Waals surface area contributed by atoms with Gasteiger partial charge in [-0.3, -0.25) is 9.36 Å². The molecule has 0 atom stereocenters. The molecule has 0 aliphatic carbocycles. The van der Waals surface area contributed by atoms with E-state index in [1.54, 1.807) is 24.5 Å². The van der Waals surface area contributed by atoms with Gasteiger partial charge < -0.3 is 19.2 Å². The first kappa shape index (κ1) is 18.4. The van der Waals surface area contributed by atoms with Crippen molar-refractivity contribution in [3.8, 4) is 23.1 Å². The smallest absolute Gasteiger partial charge is 0.234 e. The van der Waals surface area contributed by atoms with Gasteiger partial charge in [0.1, 0.15) is 13.2 Å². The number of nitrogens with one attached hydrogen (secondary N) is 1. The van der Waals surface area contributed by atoms with Gasteiger partial charge in [0.25, 0.3) is 0 Å². The molecule has 9 heteroatoms. The summed E-state index contributed by atoms with van der Waals surface area (Å²) >= 11 is 1.33. The highest BCUT2D eigenvalue weighted by Crippen LogP contribution is 2.33. The number of furan rings is 1. The monoisotopic (exact) mass is 400 g/mol. The van der Waals surface area contributed by atoms with Crippen LogP contribution >= 0.6 is 11.8 Å². The molecule has 4 rings (SSSR count). The van der Waals surface area contributed by atoms with E-state index in [0.717, 1.165) is 0 Å². The van der Waals surface area contributed by atoms with Crippen LogP contribution in [0.4, 0.5) is 5.69 Å². The molecule has 0 unspecified atom stereocenters. The Kier molecular flexibility index (Phi) is 5.25. The number of carbonyl (C=O) groups excluding carboxylic acids is 1. The number of rotatable bonds is 6. The molecule has 1 aliphatic rings. The standard InChI is InChI=1S/C19H20N4O4S/c1-12(2)23-18(15-4-3-7-25-15)21-22-19(23)28-11-17(24)20-13-5-6-14-16(10-13)27-9-8-26-14/h3-7,10,12H,8-9,11H2,1-2H3,(H,20,24). The number of amides is 1. The van der Waals surface area contributed by atoms with E-state index in [0.29, 0.717) is 47.1 Å². The number of hydrogen-bond acceptors (Lipinski definition) is 7. The lowest BCUT2D eigenvalue weighted by Crippen LogP contribution is -2.17. The minimum absolute atomic E-state index is 0.124. The summed E-state index contributed by atoms with van der Waals surface area (Å²) in [6.45, 7) is 5.11. The molecule has 0 bridgehead atoms. The molecule has 0 fully saturated rings. The van der Waals surface area contributed by atoms with Crippen LogP contribution in [0.15, 0.2) is 46.2 Å². The van der Waals surface area contributed by atoms with Crippen molar-refractivity contribution in [1.82, 2.24) is 14.8 Å². The second-order valence-electron chi connectivity index (χ2n) is 6.44. The lowest BCUT2D eigenvalue weighted by molar-refractivity contribution is -0.113. The fraction of sp³-hybridized carbons (Fsp3) is 0.316. The number of aromatic nitrogens is 3. The van der Waals surface area contributed by atoms with Crippen LogP contribution in [0.25, 0.3) is 11.6 Å². The normalized spacial score (nSPS) is 13.0. The number of anilines is 1. The maximum Gasteiger partial charge on any atom is 0.234 e. The number of carbonyl (C=O) groups is 1. The van der Waals surface area contributed by atoms with Crippen LogP contribution in [0.1, 0.15) is 19.9 Å². The third kappa shape index (κ3) is 3.84. The van der Waals surface area contributed by atoms with Gasteiger partial charge in [0, 0.05) is 17.8 Å². The molecule has 0 radical (unpaired) electrons. The molecule has 146 valence electrons. The molecule has 1 aromatic carbocycles. The Hall–Kier alpha value is -2.94. The average molecular weight is 400 g/mol. The topological polar surface area (TPSA) is 91.4 Å². The van der Waals surface area contributed by atoms with Gasteiger partial charge in [0.05, 0.1) is 12.0 Å². The van der Waals surface area contributed by atoms with Gasteiger partial charge in [-0.1, -0.05) is 11.8 Å². The fourth-order valence-corrected chi connectivity index (χ4v) is 3.73. The first-order valence-electron chi connectivity index (χ1n) is 8.93. The molecule has 3 heterocycles. The van der Waals surface area contributed by atoms with Crippen molar-refractivity contribution in [2.24, 2.45) is 0 Å². The molecule has 0 saturated carbocycles. The molecule has 1 aliphatic heterocycles. The van der Waals surface area contributed by atoms with Crippen molar-refractivity contribution in [2.45, 2.75) is 25.0 Å². The molecule has 3 aromatic rings. The predicted molar refractivity (Wildman–Crippen MR) is 105 cm³/mol. The lowest BCUT2D eigenvalue weighted by Gasteiger charge is -2.19. The molecule has 2 aromatic heterocycles. The molecule has 1 N–H and O–H groups in total. The van der Waals surface area contributed by atoms with Crippen molar-refractivity contribution >= 4 is 23.4 Å². The van der Waals surface area contributed by atoms with Crippen molar-refractivity contribution < 1.29 is 18.7 Å². The zero-order chi connectivity index (χ0) is 19.5. The first-order chi connectivity index (χ1) is 13.6. The van der Waals surface area contributed by atoms with E-state index in [4.69, 9.17) is 13.9 Å². The summed E-state index contributed by atoms with van der Waals surface area (Å²) < 4.78 is 18.4. The second kappa shape index (κ2) is 7.97. The summed E-state index contributed by atoms with van der Waals surface area (Å²) in [7, 11) is 0. The Balaban J connectivity index is 1.42. The van der Waals surface area contributed by atoms with Crippen molar-refractivity contribution in [1.29, 1.82) is 0 Å². The zero-order valence-electron chi connectivity index (χ0n) is 15.5. The number of thioether (sulfide) groups is 1. The van der Waals surface area contributed by atoms with Crippen LogP contribution in [0.5, 0.6) is 11.5 Å². The summed E-state index contributed by atoms with van der Waals surface area (Å²) in [5.74, 6) is 2.69. The van der Waals surface area contributed by atoms with Gasteiger partial charge >= 0.3 is 0 Å². The van der Waals surface area contributed by atoms with Gasteiger partial charge in [0.15, 0.2) is 22.4 Å². The maximum absolute atomic E-state index is 12.4. The highest BCUT2D eigenvalue weighted by Gasteiger charge is 2.19. The van der Waals surface area contributed by atoms with Crippen LogP contribution < -0.4 is 14.8 Å². The number of ether oxygens (including phenoxy) is 2. The van der Waals surface area contributed by atoms with Gasteiger partial charge in [0.2, 0.25) is 11.7 Å². The number of hydrogen-bond donors (Lipinski definition) is 1. The minimum Gasteiger partial charge on any atom is -0.486 e. The number of fused-ring (bicyclic) bond motifs is 1. The predicted octanol–water partition coefficient (Wildman–Crippen LogP) is 3.62. The Morgan fingerprint density at radius 3 is 2.79 bits per heavy atom. The first-order valence-corrected chi connectivity index (χ1v) is 9.91. The van der Waals surface area contributed by atoms with Gasteiger partial charge in [-0.2, -0.15) is 0 Å². The largest absolute Gasteiger partial charge is 0.486 e. The fourth-order valence-electron chi connectivity index (χ4n) is 2.86. The third-order valence-corrected chi connectivity index (χ3v) is 5.02. The Bertz CT molecular complexity index is 968. The Morgan fingerprint density at radius 1 is 1.21 bits per heavy atom. The van der Waals surface area contributed by atoms with Crippen molar-refractivity contribution in [3.63, 3.8) is 0 Å². The molecular weight excluding hydrogens is 380 g/mol. The van der Waals surface area contributed by atoms with Crippen molar-refractivity contribution in [2.75, 3.05) is 24.3 Å². The Labute approximate surface area is 166 Å². The summed E-state index contributed by atoms with van der Waals surface area (Å²) in [4.78, 5) is 12.4. The van der Waals surface area contributed by atoms with E-state index >= 15 is 0 Å². The zero-order valence-corrected chi connectivity index (χ0v) is 16.4. The molecular formula is C19H20N4O4S. The van der Waals surface area contributed by atoms with Crippen LogP contribution in [0.3, 0.4) is 0 Å². The second-order valence-corrected chi connectivity index (χ2v) is 7.39. The van der Waals surface area contributed by atoms with Crippen LogP contribution in [0.2, 0.25) is 0 Å². The summed E-state index contributed by atoms with van der Waals surface area (Å²) in [6.07, 6.45) is 1.60. The maximum atomic E-state index is 12.4. The Morgan fingerprint density at radius 2 is 2.04 bits per heavy atom. The summed E-state index contributed by atoms with van der Waals surface area (Å²) in [6, 6.07) is 9.12. The van der Waals surface area contributed by atoms with Crippen LogP contribution in [0, 0.1) is 0 Å². The SMILES string of the molecule is CC(C)n1c(SCC(=O)Nc2ccc3c(c2)OCCO3)nnc1-c1ccco1. The highest BCUT2D eigenvalue weighted by atomic mass is 32.2. The third-order valence-electron chi connectivity index (χ3n) is 4.08. The van der Waals surface area contributed by atoms with Crippen LogP contribution in [-0.4, -0.2) is 39.6 Å². The number of benzene rings is 1. The summed E-state index contributed by atoms with van der Waals surface area (Å²) in [5, 5.41) is 12.0. The lowest BCUT2D eigenvalue weighted by atomic mass is 10.2. The van der Waals surface area contributed by atoms with Crippen LogP contribution in [-0.2, 0) is 4.79 Å². The van der Waals surface area contributed by atoms with Gasteiger partial charge in [-0.25, -0.2) is 0 Å². The van der Waals surface area contributed by atoms with E-state index < -0.39 is 0 Å². The van der Waals surface area contributed by atoms with E-state index in [1.165, 1.54) is 11.8 Å². The minimum atomic E-state index is -0.139. The number of nitrogens with zero attached hydrogens (tertiary/aromatic N) is 3. The summed E-state index contributed by atoms with van der Waals surface area (Å²) in [5.41, 5.74) is 0.663. The van der Waals surface area contributed by atoms with Gasteiger partial charge in [-0.15, -0.1) is 10.2 Å². The molecule has 1 amide bonds. The molecule has 8 nitrogen and oxygen atoms in total. The highest BCUT2D eigenvalue weighted by molar-refractivity contribution is 7.99. The average Bonchev–Trinajstić information content (AvgIpc) is 3.35. The van der Waals surface area contributed by atoms with E-state index in [-0.39, 0.29) is 17.7 Å².